The Morgan fingerprint density at radius 1 is 1.33 bits per heavy atom. The zero-order chi connectivity index (χ0) is 16.0. The molecule has 0 bridgehead atoms. The highest BCUT2D eigenvalue weighted by atomic mass is 19.1. The minimum Gasteiger partial charge on any atom is -0.469 e. The molecule has 1 rings (SSSR count). The molecule has 5 heteroatoms. The van der Waals surface area contributed by atoms with Crippen molar-refractivity contribution in [3.8, 4) is 0 Å². The number of ether oxygens (including phenoxy) is 1. The summed E-state index contributed by atoms with van der Waals surface area (Å²) in [5.74, 6) is -0.640. The molecule has 0 N–H and O–H groups in total. The summed E-state index contributed by atoms with van der Waals surface area (Å²) >= 11 is 0. The summed E-state index contributed by atoms with van der Waals surface area (Å²) in [6, 6.07) is 4.09. The molecule has 0 atom stereocenters. The second kappa shape index (κ2) is 7.76. The molecular weight excluding hydrogens is 273 g/mol. The highest BCUT2D eigenvalue weighted by Crippen LogP contribution is 2.14. The Labute approximate surface area is 124 Å². The summed E-state index contributed by atoms with van der Waals surface area (Å²) in [6.07, 6.45) is 0.148. The fourth-order valence-corrected chi connectivity index (χ4v) is 2.08. The number of hydrogen-bond donors (Lipinski definition) is 0. The van der Waals surface area contributed by atoms with Gasteiger partial charge in [0.25, 0.3) is 5.91 Å². The summed E-state index contributed by atoms with van der Waals surface area (Å²) in [5.41, 5.74) is 1.05. The van der Waals surface area contributed by atoms with Gasteiger partial charge in [-0.25, -0.2) is 4.39 Å². The SMILES string of the molecule is COC(=O)CCN(CC(C)C)C(=O)c1ccc(F)cc1C. The summed E-state index contributed by atoms with van der Waals surface area (Å²) in [7, 11) is 1.32. The van der Waals surface area contributed by atoms with Crippen molar-refractivity contribution in [2.75, 3.05) is 20.2 Å². The number of nitrogens with zero attached hydrogens (tertiary/aromatic N) is 1. The predicted molar refractivity (Wildman–Crippen MR) is 78.5 cm³/mol. The maximum atomic E-state index is 13.1. The number of carbonyl (C=O) groups excluding carboxylic acids is 2. The van der Waals surface area contributed by atoms with E-state index in [1.807, 2.05) is 13.8 Å². The van der Waals surface area contributed by atoms with E-state index in [2.05, 4.69) is 4.74 Å². The van der Waals surface area contributed by atoms with Crippen LogP contribution in [-0.2, 0) is 9.53 Å². The molecule has 0 radical (unpaired) electrons. The van der Waals surface area contributed by atoms with Crippen molar-refractivity contribution in [3.05, 3.63) is 35.1 Å². The molecule has 0 aliphatic carbocycles. The number of aryl methyl sites for hydroxylation is 1. The molecule has 1 amide bonds. The van der Waals surface area contributed by atoms with E-state index in [9.17, 15) is 14.0 Å². The molecule has 21 heavy (non-hydrogen) atoms. The predicted octanol–water partition coefficient (Wildman–Crippen LogP) is 2.80. The van der Waals surface area contributed by atoms with E-state index in [-0.39, 0.29) is 30.0 Å². The van der Waals surface area contributed by atoms with Gasteiger partial charge in [0.05, 0.1) is 13.5 Å². The highest BCUT2D eigenvalue weighted by Gasteiger charge is 2.19. The lowest BCUT2D eigenvalue weighted by Gasteiger charge is -2.25. The van der Waals surface area contributed by atoms with Crippen LogP contribution in [0.2, 0.25) is 0 Å². The van der Waals surface area contributed by atoms with Crippen molar-refractivity contribution in [1.29, 1.82) is 0 Å². The summed E-state index contributed by atoms with van der Waals surface area (Å²) in [4.78, 5) is 25.4. The second-order valence-electron chi connectivity index (χ2n) is 5.43. The zero-order valence-corrected chi connectivity index (χ0v) is 13.0. The lowest BCUT2D eigenvalue weighted by Crippen LogP contribution is -2.36. The van der Waals surface area contributed by atoms with E-state index in [0.717, 1.165) is 0 Å². The van der Waals surface area contributed by atoms with Gasteiger partial charge < -0.3 is 9.64 Å². The van der Waals surface area contributed by atoms with E-state index < -0.39 is 0 Å². The van der Waals surface area contributed by atoms with Crippen LogP contribution in [0.3, 0.4) is 0 Å². The molecular formula is C16H22FNO3. The van der Waals surface area contributed by atoms with Crippen LogP contribution < -0.4 is 0 Å². The van der Waals surface area contributed by atoms with Crippen LogP contribution in [0, 0.1) is 18.7 Å². The van der Waals surface area contributed by atoms with Crippen LogP contribution in [0.25, 0.3) is 0 Å². The first-order chi connectivity index (χ1) is 9.85. The van der Waals surface area contributed by atoms with Gasteiger partial charge in [0, 0.05) is 18.7 Å². The number of benzene rings is 1. The molecule has 1 aromatic rings. The van der Waals surface area contributed by atoms with Gasteiger partial charge in [-0.3, -0.25) is 9.59 Å². The van der Waals surface area contributed by atoms with Gasteiger partial charge in [-0.2, -0.15) is 0 Å². The van der Waals surface area contributed by atoms with Crippen molar-refractivity contribution < 1.29 is 18.7 Å². The summed E-state index contributed by atoms with van der Waals surface area (Å²) in [6.45, 7) is 6.52. The number of rotatable bonds is 6. The third-order valence-electron chi connectivity index (χ3n) is 3.11. The van der Waals surface area contributed by atoms with Crippen molar-refractivity contribution in [2.45, 2.75) is 27.2 Å². The van der Waals surface area contributed by atoms with Crippen LogP contribution >= 0.6 is 0 Å². The van der Waals surface area contributed by atoms with Gasteiger partial charge in [0.15, 0.2) is 0 Å². The Bertz CT molecular complexity index is 514. The van der Waals surface area contributed by atoms with Gasteiger partial charge in [-0.1, -0.05) is 13.8 Å². The molecule has 1 aromatic carbocycles. The molecule has 0 fully saturated rings. The molecule has 0 saturated carbocycles. The molecule has 0 aromatic heterocycles. The van der Waals surface area contributed by atoms with Gasteiger partial charge in [0.1, 0.15) is 5.82 Å². The largest absolute Gasteiger partial charge is 0.469 e. The molecule has 116 valence electrons. The van der Waals surface area contributed by atoms with E-state index in [1.165, 1.54) is 25.3 Å². The molecule has 0 spiro atoms. The number of hydrogen-bond acceptors (Lipinski definition) is 3. The quantitative estimate of drug-likeness (QED) is 0.758. The monoisotopic (exact) mass is 295 g/mol. The zero-order valence-electron chi connectivity index (χ0n) is 13.0. The average Bonchev–Trinajstić information content (AvgIpc) is 2.42. The second-order valence-corrected chi connectivity index (χ2v) is 5.43. The van der Waals surface area contributed by atoms with Crippen molar-refractivity contribution in [1.82, 2.24) is 4.90 Å². The summed E-state index contributed by atoms with van der Waals surface area (Å²) < 4.78 is 17.7. The van der Waals surface area contributed by atoms with Gasteiger partial charge in [-0.15, -0.1) is 0 Å². The van der Waals surface area contributed by atoms with Crippen LogP contribution in [0.5, 0.6) is 0 Å². The minimum absolute atomic E-state index is 0.148. The highest BCUT2D eigenvalue weighted by molar-refractivity contribution is 5.95. The minimum atomic E-state index is -0.367. The molecule has 0 saturated heterocycles. The third kappa shape index (κ3) is 5.17. The molecule has 0 unspecified atom stereocenters. The molecule has 4 nitrogen and oxygen atoms in total. The first-order valence-electron chi connectivity index (χ1n) is 6.97. The van der Waals surface area contributed by atoms with E-state index in [1.54, 1.807) is 11.8 Å². The Hall–Kier alpha value is -1.91. The third-order valence-corrected chi connectivity index (χ3v) is 3.11. The Kier molecular flexibility index (Phi) is 6.34. The van der Waals surface area contributed by atoms with E-state index in [4.69, 9.17) is 0 Å². The lowest BCUT2D eigenvalue weighted by atomic mass is 10.1. The number of halogens is 1. The van der Waals surface area contributed by atoms with Crippen LogP contribution in [0.1, 0.15) is 36.2 Å². The summed E-state index contributed by atoms with van der Waals surface area (Å²) in [5, 5.41) is 0. The fraction of sp³-hybridized carbons (Fsp3) is 0.500. The topological polar surface area (TPSA) is 46.6 Å². The number of carbonyl (C=O) groups is 2. The number of methoxy groups -OCH3 is 1. The van der Waals surface area contributed by atoms with Gasteiger partial charge in [-0.05, 0) is 36.6 Å². The van der Waals surface area contributed by atoms with Crippen molar-refractivity contribution in [2.24, 2.45) is 5.92 Å². The number of esters is 1. The Morgan fingerprint density at radius 3 is 2.52 bits per heavy atom. The molecule has 0 heterocycles. The average molecular weight is 295 g/mol. The van der Waals surface area contributed by atoms with Gasteiger partial charge >= 0.3 is 5.97 Å². The van der Waals surface area contributed by atoms with Crippen molar-refractivity contribution in [3.63, 3.8) is 0 Å². The first-order valence-corrected chi connectivity index (χ1v) is 6.97. The van der Waals surface area contributed by atoms with E-state index >= 15 is 0 Å². The smallest absolute Gasteiger partial charge is 0.307 e. The molecule has 0 aliphatic heterocycles. The molecule has 0 aliphatic rings. The Balaban J connectivity index is 2.90. The number of amides is 1. The fourth-order valence-electron chi connectivity index (χ4n) is 2.08. The standard InChI is InChI=1S/C16H22FNO3/c1-11(2)10-18(8-7-15(19)21-4)16(20)14-6-5-13(17)9-12(14)3/h5-6,9,11H,7-8,10H2,1-4H3. The Morgan fingerprint density at radius 2 is 2.00 bits per heavy atom. The van der Waals surface area contributed by atoms with Crippen LogP contribution in [-0.4, -0.2) is 37.0 Å². The first kappa shape index (κ1) is 17.1. The van der Waals surface area contributed by atoms with Crippen molar-refractivity contribution >= 4 is 11.9 Å². The maximum absolute atomic E-state index is 13.1. The van der Waals surface area contributed by atoms with E-state index in [0.29, 0.717) is 24.2 Å². The van der Waals surface area contributed by atoms with Gasteiger partial charge in [0.2, 0.25) is 0 Å². The van der Waals surface area contributed by atoms with Crippen LogP contribution in [0.15, 0.2) is 18.2 Å². The normalized spacial score (nSPS) is 10.6. The van der Waals surface area contributed by atoms with Crippen LogP contribution in [0.4, 0.5) is 4.39 Å². The maximum Gasteiger partial charge on any atom is 0.307 e. The lowest BCUT2D eigenvalue weighted by molar-refractivity contribution is -0.140.